The molecule has 15 heavy (non-hydrogen) atoms. The van der Waals surface area contributed by atoms with Gasteiger partial charge in [0.25, 0.3) is 0 Å². The molecule has 0 saturated heterocycles. The second-order valence-corrected chi connectivity index (χ2v) is 3.75. The summed E-state index contributed by atoms with van der Waals surface area (Å²) in [5.41, 5.74) is 7.03. The van der Waals surface area contributed by atoms with Crippen LogP contribution in [0.5, 0.6) is 0 Å². The number of carbonyl (C=O) groups is 1. The van der Waals surface area contributed by atoms with Crippen LogP contribution in [0.1, 0.15) is 11.1 Å². The van der Waals surface area contributed by atoms with Gasteiger partial charge < -0.3 is 10.5 Å². The number of hydrogen-bond acceptors (Lipinski definition) is 4. The maximum Gasteiger partial charge on any atom is 0.310 e. The Morgan fingerprint density at radius 1 is 1.67 bits per heavy atom. The third kappa shape index (κ3) is 2.70. The number of nitrogens with zero attached hydrogens (tertiary/aromatic N) is 1. The quantitative estimate of drug-likeness (QED) is 0.653. The largest absolute Gasteiger partial charge is 0.469 e. The lowest BCUT2D eigenvalue weighted by molar-refractivity contribution is -0.139. The number of rotatable bonds is 2. The Morgan fingerprint density at radius 3 is 2.87 bits per heavy atom. The first-order chi connectivity index (χ1) is 7.08. The van der Waals surface area contributed by atoms with Crippen LogP contribution in [0.4, 0.5) is 5.69 Å². The summed E-state index contributed by atoms with van der Waals surface area (Å²) >= 11 is 3.26. The van der Waals surface area contributed by atoms with E-state index in [1.807, 2.05) is 6.07 Å². The van der Waals surface area contributed by atoms with E-state index in [9.17, 15) is 4.79 Å². The van der Waals surface area contributed by atoms with Crippen LogP contribution >= 0.6 is 15.9 Å². The lowest BCUT2D eigenvalue weighted by atomic mass is 10.0. The Bertz CT molecular complexity index is 438. The van der Waals surface area contributed by atoms with E-state index in [0.29, 0.717) is 21.3 Å². The molecule has 0 saturated carbocycles. The fraction of sp³-hybridized carbons (Fsp3) is 0.200. The molecular weight excluding hydrogens is 260 g/mol. The van der Waals surface area contributed by atoms with Gasteiger partial charge in [-0.15, -0.1) is 0 Å². The van der Waals surface area contributed by atoms with E-state index in [-0.39, 0.29) is 6.42 Å². The van der Waals surface area contributed by atoms with Crippen molar-refractivity contribution in [3.05, 3.63) is 27.7 Å². The molecule has 0 aliphatic rings. The van der Waals surface area contributed by atoms with E-state index in [2.05, 4.69) is 20.7 Å². The molecule has 78 valence electrons. The van der Waals surface area contributed by atoms with E-state index in [4.69, 9.17) is 11.0 Å². The number of nitriles is 1. The van der Waals surface area contributed by atoms with E-state index in [0.717, 1.165) is 0 Å². The van der Waals surface area contributed by atoms with Gasteiger partial charge in [0.2, 0.25) is 0 Å². The first-order valence-electron chi connectivity index (χ1n) is 4.13. The Balaban J connectivity index is 3.17. The molecule has 0 aliphatic heterocycles. The molecular formula is C10H9BrN2O2. The molecule has 0 aromatic heterocycles. The number of anilines is 1. The van der Waals surface area contributed by atoms with E-state index >= 15 is 0 Å². The number of nitrogens with two attached hydrogens (primary N) is 1. The van der Waals surface area contributed by atoms with Crippen LogP contribution in [-0.4, -0.2) is 13.1 Å². The third-order valence-corrected chi connectivity index (χ3v) is 2.59. The summed E-state index contributed by atoms with van der Waals surface area (Å²) in [5.74, 6) is -0.392. The van der Waals surface area contributed by atoms with Crippen LogP contribution in [0.15, 0.2) is 16.6 Å². The van der Waals surface area contributed by atoms with Gasteiger partial charge in [-0.1, -0.05) is 15.9 Å². The fourth-order valence-corrected chi connectivity index (χ4v) is 1.77. The summed E-state index contributed by atoms with van der Waals surface area (Å²) in [6.45, 7) is 0. The number of ether oxygens (including phenoxy) is 1. The van der Waals surface area contributed by atoms with Crippen molar-refractivity contribution in [2.24, 2.45) is 0 Å². The number of nitrogen functional groups attached to an aromatic ring is 1. The predicted molar refractivity (Wildman–Crippen MR) is 59.0 cm³/mol. The van der Waals surface area contributed by atoms with Gasteiger partial charge in [0.1, 0.15) is 0 Å². The third-order valence-electron chi connectivity index (χ3n) is 1.89. The van der Waals surface area contributed by atoms with Crippen LogP contribution in [0.25, 0.3) is 0 Å². The van der Waals surface area contributed by atoms with Crippen molar-refractivity contribution in [2.45, 2.75) is 6.42 Å². The molecule has 0 aliphatic carbocycles. The van der Waals surface area contributed by atoms with Crippen LogP contribution in [-0.2, 0) is 16.0 Å². The van der Waals surface area contributed by atoms with Crippen molar-refractivity contribution in [1.82, 2.24) is 0 Å². The van der Waals surface area contributed by atoms with Crippen LogP contribution in [0.3, 0.4) is 0 Å². The van der Waals surface area contributed by atoms with Crippen LogP contribution in [0.2, 0.25) is 0 Å². The molecule has 0 fully saturated rings. The van der Waals surface area contributed by atoms with Crippen molar-refractivity contribution >= 4 is 27.6 Å². The molecule has 0 atom stereocenters. The molecule has 0 amide bonds. The second-order valence-electron chi connectivity index (χ2n) is 2.89. The van der Waals surface area contributed by atoms with Gasteiger partial charge in [-0.2, -0.15) is 5.26 Å². The summed E-state index contributed by atoms with van der Waals surface area (Å²) in [5, 5.41) is 8.87. The molecule has 2 N–H and O–H groups in total. The SMILES string of the molecule is COC(=O)Cc1c(Br)cc(N)cc1C#N. The summed E-state index contributed by atoms with van der Waals surface area (Å²) in [4.78, 5) is 11.1. The lowest BCUT2D eigenvalue weighted by Gasteiger charge is -2.06. The van der Waals surface area contributed by atoms with E-state index < -0.39 is 5.97 Å². The summed E-state index contributed by atoms with van der Waals surface area (Å²) in [6.07, 6.45) is 0.0558. The highest BCUT2D eigenvalue weighted by molar-refractivity contribution is 9.10. The first kappa shape index (κ1) is 11.5. The molecule has 0 bridgehead atoms. The summed E-state index contributed by atoms with van der Waals surface area (Å²) < 4.78 is 5.18. The van der Waals surface area contributed by atoms with Crippen LogP contribution < -0.4 is 5.73 Å². The highest BCUT2D eigenvalue weighted by Crippen LogP contribution is 2.24. The van der Waals surface area contributed by atoms with E-state index in [1.165, 1.54) is 13.2 Å². The van der Waals surface area contributed by atoms with Gasteiger partial charge in [0.05, 0.1) is 25.2 Å². The van der Waals surface area contributed by atoms with Crippen LogP contribution in [0, 0.1) is 11.3 Å². The zero-order chi connectivity index (χ0) is 11.4. The van der Waals surface area contributed by atoms with E-state index in [1.54, 1.807) is 6.07 Å². The maximum atomic E-state index is 11.1. The molecule has 1 aromatic carbocycles. The number of benzene rings is 1. The first-order valence-corrected chi connectivity index (χ1v) is 4.92. The summed E-state index contributed by atoms with van der Waals surface area (Å²) in [7, 11) is 1.31. The van der Waals surface area contributed by atoms with Crippen molar-refractivity contribution in [1.29, 1.82) is 5.26 Å². The monoisotopic (exact) mass is 268 g/mol. The lowest BCUT2D eigenvalue weighted by Crippen LogP contribution is -2.07. The number of hydrogen-bond donors (Lipinski definition) is 1. The topological polar surface area (TPSA) is 76.1 Å². The number of esters is 1. The minimum absolute atomic E-state index is 0.0558. The minimum Gasteiger partial charge on any atom is -0.469 e. The average Bonchev–Trinajstić information content (AvgIpc) is 2.21. The van der Waals surface area contributed by atoms with Crippen molar-refractivity contribution < 1.29 is 9.53 Å². The van der Waals surface area contributed by atoms with Crippen molar-refractivity contribution in [3.8, 4) is 6.07 Å². The highest BCUT2D eigenvalue weighted by atomic mass is 79.9. The minimum atomic E-state index is -0.392. The molecule has 4 nitrogen and oxygen atoms in total. The highest BCUT2D eigenvalue weighted by Gasteiger charge is 2.12. The molecule has 0 radical (unpaired) electrons. The Kier molecular flexibility index (Phi) is 3.69. The molecule has 0 spiro atoms. The molecule has 0 unspecified atom stereocenters. The average molecular weight is 269 g/mol. The van der Waals surface area contributed by atoms with Gasteiger partial charge in [0, 0.05) is 10.2 Å². The zero-order valence-electron chi connectivity index (χ0n) is 8.08. The predicted octanol–water partition coefficient (Wildman–Crippen LogP) is 1.62. The Hall–Kier alpha value is -1.54. The number of methoxy groups -OCH3 is 1. The summed E-state index contributed by atoms with van der Waals surface area (Å²) in [6, 6.07) is 5.17. The Morgan fingerprint density at radius 2 is 2.33 bits per heavy atom. The maximum absolute atomic E-state index is 11.1. The Labute approximate surface area is 95.8 Å². The fourth-order valence-electron chi connectivity index (χ4n) is 1.15. The molecule has 5 heteroatoms. The number of halogens is 1. The second kappa shape index (κ2) is 4.80. The van der Waals surface area contributed by atoms with Crippen molar-refractivity contribution in [2.75, 3.05) is 12.8 Å². The van der Waals surface area contributed by atoms with Crippen molar-refractivity contribution in [3.63, 3.8) is 0 Å². The smallest absolute Gasteiger partial charge is 0.310 e. The van der Waals surface area contributed by atoms with Gasteiger partial charge in [-0.05, 0) is 17.7 Å². The molecule has 1 aromatic rings. The van der Waals surface area contributed by atoms with Gasteiger partial charge in [-0.3, -0.25) is 4.79 Å². The van der Waals surface area contributed by atoms with Gasteiger partial charge in [0.15, 0.2) is 0 Å². The molecule has 0 heterocycles. The molecule has 1 rings (SSSR count). The normalized spacial score (nSPS) is 9.40. The van der Waals surface area contributed by atoms with Gasteiger partial charge in [-0.25, -0.2) is 0 Å². The number of carbonyl (C=O) groups excluding carboxylic acids is 1. The zero-order valence-corrected chi connectivity index (χ0v) is 9.67. The standard InChI is InChI=1S/C10H9BrN2O2/c1-15-10(14)4-8-6(5-12)2-7(13)3-9(8)11/h2-3H,4,13H2,1H3. The van der Waals surface area contributed by atoms with Gasteiger partial charge >= 0.3 is 5.97 Å².